The molecule has 19 heavy (non-hydrogen) atoms. The number of rotatable bonds is 7. The molecule has 1 rings (SSSR count). The summed E-state index contributed by atoms with van der Waals surface area (Å²) in [6.07, 6.45) is 1.69. The molecule has 108 valence electrons. The third-order valence-corrected chi connectivity index (χ3v) is 3.34. The van der Waals surface area contributed by atoms with Gasteiger partial charge in [-0.2, -0.15) is 0 Å². The van der Waals surface area contributed by atoms with Gasteiger partial charge >= 0.3 is 0 Å². The highest BCUT2D eigenvalue weighted by atomic mass is 16.5. The second-order valence-corrected chi connectivity index (χ2v) is 5.81. The van der Waals surface area contributed by atoms with Gasteiger partial charge in [-0.05, 0) is 45.2 Å². The van der Waals surface area contributed by atoms with Crippen molar-refractivity contribution in [2.24, 2.45) is 5.73 Å². The minimum atomic E-state index is -0.149. The van der Waals surface area contributed by atoms with Crippen LogP contribution >= 0.6 is 0 Å². The van der Waals surface area contributed by atoms with Crippen molar-refractivity contribution in [1.29, 1.82) is 0 Å². The molecule has 0 bridgehead atoms. The van der Waals surface area contributed by atoms with Crippen molar-refractivity contribution >= 4 is 0 Å². The van der Waals surface area contributed by atoms with Crippen LogP contribution in [0.1, 0.15) is 38.3 Å². The number of hydrogen-bond donors (Lipinski definition) is 1. The van der Waals surface area contributed by atoms with Crippen molar-refractivity contribution in [3.8, 4) is 5.75 Å². The monoisotopic (exact) mass is 265 g/mol. The fraction of sp³-hybridized carbons (Fsp3) is 0.625. The standard InChI is InChI=1S/C16H27NO2/c1-12-7-6-8-14(11-13(2)17)15(12)19-10-9-16(3,4)18-5/h6-8,13H,9-11,17H2,1-5H3. The fourth-order valence-electron chi connectivity index (χ4n) is 1.93. The first-order chi connectivity index (χ1) is 8.85. The van der Waals surface area contributed by atoms with Gasteiger partial charge in [0.15, 0.2) is 0 Å². The van der Waals surface area contributed by atoms with E-state index in [-0.39, 0.29) is 11.6 Å². The molecule has 0 spiro atoms. The minimum Gasteiger partial charge on any atom is -0.493 e. The van der Waals surface area contributed by atoms with E-state index in [2.05, 4.69) is 39.0 Å². The second kappa shape index (κ2) is 6.92. The molecule has 0 fully saturated rings. The maximum atomic E-state index is 5.97. The first-order valence-corrected chi connectivity index (χ1v) is 6.88. The van der Waals surface area contributed by atoms with Crippen LogP contribution in [-0.4, -0.2) is 25.4 Å². The zero-order chi connectivity index (χ0) is 14.5. The van der Waals surface area contributed by atoms with Gasteiger partial charge in [0.25, 0.3) is 0 Å². The number of benzene rings is 1. The lowest BCUT2D eigenvalue weighted by Crippen LogP contribution is -2.25. The molecule has 0 saturated heterocycles. The molecule has 0 saturated carbocycles. The van der Waals surface area contributed by atoms with Crippen LogP contribution in [0, 0.1) is 6.92 Å². The number of hydrogen-bond acceptors (Lipinski definition) is 3. The highest BCUT2D eigenvalue weighted by Crippen LogP contribution is 2.25. The van der Waals surface area contributed by atoms with Crippen molar-refractivity contribution < 1.29 is 9.47 Å². The van der Waals surface area contributed by atoms with Crippen LogP contribution in [0.5, 0.6) is 5.75 Å². The highest BCUT2D eigenvalue weighted by Gasteiger charge is 2.17. The van der Waals surface area contributed by atoms with Crippen LogP contribution in [0.3, 0.4) is 0 Å². The van der Waals surface area contributed by atoms with Gasteiger partial charge in [-0.25, -0.2) is 0 Å². The van der Waals surface area contributed by atoms with Crippen molar-refractivity contribution in [1.82, 2.24) is 0 Å². The lowest BCUT2D eigenvalue weighted by atomic mass is 10.0. The van der Waals surface area contributed by atoms with Gasteiger partial charge in [0.1, 0.15) is 5.75 Å². The second-order valence-electron chi connectivity index (χ2n) is 5.81. The molecule has 0 radical (unpaired) electrons. The zero-order valence-corrected chi connectivity index (χ0v) is 12.8. The summed E-state index contributed by atoms with van der Waals surface area (Å²) in [6.45, 7) is 8.87. The van der Waals surface area contributed by atoms with Gasteiger partial charge in [0.05, 0.1) is 12.2 Å². The Hall–Kier alpha value is -1.06. The van der Waals surface area contributed by atoms with E-state index in [1.54, 1.807) is 7.11 Å². The predicted molar refractivity (Wildman–Crippen MR) is 79.7 cm³/mol. The smallest absolute Gasteiger partial charge is 0.125 e. The summed E-state index contributed by atoms with van der Waals surface area (Å²) in [5.74, 6) is 0.978. The molecule has 0 heterocycles. The lowest BCUT2D eigenvalue weighted by Gasteiger charge is -2.23. The number of para-hydroxylation sites is 1. The Morgan fingerprint density at radius 3 is 2.58 bits per heavy atom. The van der Waals surface area contributed by atoms with Gasteiger partial charge < -0.3 is 15.2 Å². The summed E-state index contributed by atoms with van der Waals surface area (Å²) in [7, 11) is 1.73. The molecule has 3 heteroatoms. The largest absolute Gasteiger partial charge is 0.493 e. The van der Waals surface area contributed by atoms with Gasteiger partial charge in [-0.1, -0.05) is 18.2 Å². The van der Waals surface area contributed by atoms with E-state index in [0.29, 0.717) is 6.61 Å². The average Bonchev–Trinajstić information content (AvgIpc) is 2.32. The molecule has 1 unspecified atom stereocenters. The van der Waals surface area contributed by atoms with Crippen LogP contribution < -0.4 is 10.5 Å². The quantitative estimate of drug-likeness (QED) is 0.824. The topological polar surface area (TPSA) is 44.5 Å². The molecular formula is C16H27NO2. The number of nitrogens with two attached hydrogens (primary N) is 1. The third-order valence-electron chi connectivity index (χ3n) is 3.34. The molecular weight excluding hydrogens is 238 g/mol. The van der Waals surface area contributed by atoms with E-state index in [1.807, 2.05) is 6.92 Å². The molecule has 0 aliphatic heterocycles. The molecule has 3 nitrogen and oxygen atoms in total. The summed E-state index contributed by atoms with van der Waals surface area (Å²) in [6, 6.07) is 6.35. The number of methoxy groups -OCH3 is 1. The maximum absolute atomic E-state index is 5.97. The molecule has 0 aromatic heterocycles. The molecule has 1 aromatic carbocycles. The van der Waals surface area contributed by atoms with Crippen LogP contribution in [-0.2, 0) is 11.2 Å². The Morgan fingerprint density at radius 1 is 1.32 bits per heavy atom. The summed E-state index contributed by atoms with van der Waals surface area (Å²) < 4.78 is 11.4. The Labute approximate surface area is 117 Å². The normalized spacial score (nSPS) is 13.4. The lowest BCUT2D eigenvalue weighted by molar-refractivity contribution is 0.00531. The van der Waals surface area contributed by atoms with Crippen LogP contribution in [0.15, 0.2) is 18.2 Å². The van der Waals surface area contributed by atoms with Crippen LogP contribution in [0.2, 0.25) is 0 Å². The first-order valence-electron chi connectivity index (χ1n) is 6.88. The molecule has 1 aromatic rings. The fourth-order valence-corrected chi connectivity index (χ4v) is 1.93. The van der Waals surface area contributed by atoms with E-state index < -0.39 is 0 Å². The predicted octanol–water partition coefficient (Wildman–Crippen LogP) is 3.08. The summed E-state index contributed by atoms with van der Waals surface area (Å²) in [5.41, 5.74) is 8.08. The highest BCUT2D eigenvalue weighted by molar-refractivity contribution is 5.41. The zero-order valence-electron chi connectivity index (χ0n) is 12.8. The van der Waals surface area contributed by atoms with E-state index >= 15 is 0 Å². The van der Waals surface area contributed by atoms with Crippen LogP contribution in [0.25, 0.3) is 0 Å². The van der Waals surface area contributed by atoms with Gasteiger partial charge in [0, 0.05) is 19.6 Å². The summed E-state index contributed by atoms with van der Waals surface area (Å²) >= 11 is 0. The third kappa shape index (κ3) is 5.21. The Kier molecular flexibility index (Phi) is 5.83. The van der Waals surface area contributed by atoms with E-state index in [9.17, 15) is 0 Å². The first kappa shape index (κ1) is 16.0. The van der Waals surface area contributed by atoms with Crippen LogP contribution in [0.4, 0.5) is 0 Å². The Balaban J connectivity index is 2.71. The number of ether oxygens (including phenoxy) is 2. The van der Waals surface area contributed by atoms with Gasteiger partial charge in [-0.15, -0.1) is 0 Å². The maximum Gasteiger partial charge on any atom is 0.125 e. The molecule has 2 N–H and O–H groups in total. The summed E-state index contributed by atoms with van der Waals surface area (Å²) in [5, 5.41) is 0. The minimum absolute atomic E-state index is 0.138. The molecule has 0 aliphatic rings. The van der Waals surface area contributed by atoms with Crippen molar-refractivity contribution in [3.63, 3.8) is 0 Å². The molecule has 1 atom stereocenters. The van der Waals surface area contributed by atoms with E-state index in [1.165, 1.54) is 5.56 Å². The summed E-state index contributed by atoms with van der Waals surface area (Å²) in [4.78, 5) is 0. The SMILES string of the molecule is COC(C)(C)CCOc1c(C)cccc1CC(C)N. The van der Waals surface area contributed by atoms with Crippen molar-refractivity contribution in [2.45, 2.75) is 52.2 Å². The average molecular weight is 265 g/mol. The molecule has 0 amide bonds. The van der Waals surface area contributed by atoms with E-state index in [4.69, 9.17) is 15.2 Å². The van der Waals surface area contributed by atoms with Crippen molar-refractivity contribution in [2.75, 3.05) is 13.7 Å². The van der Waals surface area contributed by atoms with Crippen molar-refractivity contribution in [3.05, 3.63) is 29.3 Å². The number of aryl methyl sites for hydroxylation is 1. The van der Waals surface area contributed by atoms with Gasteiger partial charge in [0.2, 0.25) is 0 Å². The van der Waals surface area contributed by atoms with Gasteiger partial charge in [-0.3, -0.25) is 0 Å². The Bertz CT molecular complexity index is 400. The Morgan fingerprint density at radius 2 is 2.00 bits per heavy atom. The van der Waals surface area contributed by atoms with E-state index in [0.717, 1.165) is 24.2 Å². The molecule has 0 aliphatic carbocycles.